The second-order valence-electron chi connectivity index (χ2n) is 11.1. The molecule has 0 bridgehead atoms. The van der Waals surface area contributed by atoms with Crippen molar-refractivity contribution in [2.24, 2.45) is 5.73 Å². The van der Waals surface area contributed by atoms with Crippen LogP contribution < -0.4 is 11.1 Å². The van der Waals surface area contributed by atoms with Crippen molar-refractivity contribution in [1.82, 2.24) is 5.32 Å². The molecular weight excluding hydrogens is 488 g/mol. The number of unbranched alkanes of at least 4 members (excludes halogenated alkanes) is 18. The lowest BCUT2D eigenvalue weighted by Crippen LogP contribution is -2.57. The van der Waals surface area contributed by atoms with Gasteiger partial charge in [0.1, 0.15) is 0 Å². The summed E-state index contributed by atoms with van der Waals surface area (Å²) in [5.41, 5.74) is 5.11. The van der Waals surface area contributed by atoms with E-state index in [1.807, 2.05) is 20.8 Å². The summed E-state index contributed by atoms with van der Waals surface area (Å²) < 4.78 is 0. The Bertz CT molecular complexity index is 467. The minimum atomic E-state index is -0.782. The summed E-state index contributed by atoms with van der Waals surface area (Å²) in [7, 11) is 0. The van der Waals surface area contributed by atoms with Crippen molar-refractivity contribution >= 4 is 18.4 Å². The van der Waals surface area contributed by atoms with Crippen molar-refractivity contribution in [3.05, 3.63) is 0 Å². The van der Waals surface area contributed by atoms with Crippen molar-refractivity contribution in [3.63, 3.8) is 0 Å². The van der Waals surface area contributed by atoms with E-state index in [1.165, 1.54) is 109 Å². The van der Waals surface area contributed by atoms with Crippen molar-refractivity contribution in [2.75, 3.05) is 6.61 Å². The Morgan fingerprint density at radius 1 is 0.730 bits per heavy atom. The number of nitrogens with one attached hydrogen (secondary N) is 1. The molecule has 0 rings (SSSR count). The average molecular weight is 553 g/mol. The lowest BCUT2D eigenvalue weighted by Gasteiger charge is -2.33. The lowest BCUT2D eigenvalue weighted by atomic mass is 9.97. The van der Waals surface area contributed by atoms with Crippen LogP contribution in [0.15, 0.2) is 0 Å². The Balaban J connectivity index is -0.000000751. The highest BCUT2D eigenvalue weighted by atomic mass is 35.5. The highest BCUT2D eigenvalue weighted by Crippen LogP contribution is 2.15. The van der Waals surface area contributed by atoms with E-state index in [4.69, 9.17) is 15.9 Å². The molecule has 0 spiro atoms. The van der Waals surface area contributed by atoms with Crippen molar-refractivity contribution in [1.29, 1.82) is 0 Å². The molecule has 226 valence electrons. The number of hydrogen-bond acceptors (Lipinski definition) is 5. The van der Waals surface area contributed by atoms with Crippen LogP contribution in [0.1, 0.15) is 163 Å². The van der Waals surface area contributed by atoms with Crippen LogP contribution in [0.2, 0.25) is 0 Å². The topological polar surface area (TPSA) is 116 Å². The molecule has 0 saturated heterocycles. The molecule has 0 aliphatic carbocycles. The lowest BCUT2D eigenvalue weighted by molar-refractivity contribution is -0.137. The number of carboxylic acid groups (broad SMARTS) is 1. The molecule has 2 atom stereocenters. The van der Waals surface area contributed by atoms with Gasteiger partial charge >= 0.3 is 5.97 Å². The monoisotopic (exact) mass is 552 g/mol. The third-order valence-electron chi connectivity index (χ3n) is 7.00. The number of hydrogen-bond donors (Lipinski definition) is 5. The highest BCUT2D eigenvalue weighted by molar-refractivity contribution is 5.85. The fourth-order valence-electron chi connectivity index (χ4n) is 4.26. The molecule has 0 aliphatic heterocycles. The van der Waals surface area contributed by atoms with E-state index >= 15 is 0 Å². The SMILES string of the molecule is CCC(N)NC(C)(C)C(O)CO.CCCCCCCCCCCCCCCCCCCCCC(=O)O.Cl. The molecule has 0 saturated carbocycles. The van der Waals surface area contributed by atoms with Gasteiger partial charge in [-0.2, -0.15) is 0 Å². The minimum Gasteiger partial charge on any atom is -0.481 e. The van der Waals surface area contributed by atoms with Crippen LogP contribution in [0, 0.1) is 0 Å². The quantitative estimate of drug-likeness (QED) is 0.0584. The predicted molar refractivity (Wildman–Crippen MR) is 161 cm³/mol. The van der Waals surface area contributed by atoms with Crippen LogP contribution in [0.3, 0.4) is 0 Å². The first-order valence-electron chi connectivity index (χ1n) is 15.2. The van der Waals surface area contributed by atoms with E-state index in [2.05, 4.69) is 12.2 Å². The van der Waals surface area contributed by atoms with Gasteiger partial charge in [-0.15, -0.1) is 12.4 Å². The van der Waals surface area contributed by atoms with Crippen molar-refractivity contribution in [3.8, 4) is 0 Å². The first-order chi connectivity index (χ1) is 17.2. The van der Waals surface area contributed by atoms with Gasteiger partial charge < -0.3 is 21.1 Å². The Labute approximate surface area is 236 Å². The van der Waals surface area contributed by atoms with Crippen molar-refractivity contribution in [2.45, 2.75) is 180 Å². The molecule has 0 aromatic heterocycles. The number of halogens is 1. The minimum absolute atomic E-state index is 0. The number of aliphatic carboxylic acids is 1. The number of nitrogens with two attached hydrogens (primary N) is 1. The first kappa shape index (κ1) is 41.1. The van der Waals surface area contributed by atoms with Crippen molar-refractivity contribution < 1.29 is 20.1 Å². The van der Waals surface area contributed by atoms with Crippen LogP contribution in [-0.4, -0.2) is 45.7 Å². The van der Waals surface area contributed by atoms with E-state index in [1.54, 1.807) is 0 Å². The van der Waals surface area contributed by atoms with Gasteiger partial charge in [-0.25, -0.2) is 0 Å². The van der Waals surface area contributed by atoms with Crippen LogP contribution >= 0.6 is 12.4 Å². The summed E-state index contributed by atoms with van der Waals surface area (Å²) in [6.45, 7) is 7.60. The third kappa shape index (κ3) is 31.7. The van der Waals surface area contributed by atoms with Gasteiger partial charge in [-0.3, -0.25) is 10.1 Å². The highest BCUT2D eigenvalue weighted by Gasteiger charge is 2.27. The predicted octanol–water partition coefficient (Wildman–Crippen LogP) is 7.72. The smallest absolute Gasteiger partial charge is 0.303 e. The van der Waals surface area contributed by atoms with E-state index in [-0.39, 0.29) is 25.2 Å². The Kier molecular flexibility index (Phi) is 33.5. The van der Waals surface area contributed by atoms with E-state index in [0.717, 1.165) is 19.3 Å². The van der Waals surface area contributed by atoms with E-state index in [0.29, 0.717) is 6.42 Å². The zero-order chi connectivity index (χ0) is 27.5. The van der Waals surface area contributed by atoms with Gasteiger partial charge in [0.15, 0.2) is 0 Å². The van der Waals surface area contributed by atoms with E-state index in [9.17, 15) is 9.90 Å². The standard InChI is InChI=1S/C22H44O2.C8H20N2O2.ClH/c1-2-3-4-5-6-7-8-9-10-11-12-13-14-15-16-17-18-19-20-21-22(23)24;1-4-7(9)10-8(2,3)6(12)5-11;/h2-21H2,1H3,(H,23,24);6-7,10-12H,4-5,9H2,1-3H3;1H. The zero-order valence-electron chi connectivity index (χ0n) is 24.9. The molecule has 0 aromatic carbocycles. The molecule has 0 amide bonds. The molecular formula is C30H65ClN2O4. The summed E-state index contributed by atoms with van der Waals surface area (Å²) in [4.78, 5) is 10.4. The summed E-state index contributed by atoms with van der Waals surface area (Å²) in [6.07, 6.45) is 26.0. The molecule has 6 N–H and O–H groups in total. The molecule has 6 nitrogen and oxygen atoms in total. The molecule has 0 radical (unpaired) electrons. The second kappa shape index (κ2) is 30.1. The fraction of sp³-hybridized carbons (Fsp3) is 0.967. The number of aliphatic hydroxyl groups excluding tert-OH is 2. The number of aliphatic hydroxyl groups is 2. The summed E-state index contributed by atoms with van der Waals surface area (Å²) in [6, 6.07) is 0. The molecule has 7 heteroatoms. The zero-order valence-corrected chi connectivity index (χ0v) is 25.8. The van der Waals surface area contributed by atoms with Crippen LogP contribution in [-0.2, 0) is 4.79 Å². The Morgan fingerprint density at radius 3 is 1.32 bits per heavy atom. The van der Waals surface area contributed by atoms with E-state index < -0.39 is 17.6 Å². The van der Waals surface area contributed by atoms with Gasteiger partial charge in [-0.05, 0) is 26.7 Å². The molecule has 0 aliphatic rings. The van der Waals surface area contributed by atoms with Gasteiger partial charge in [0.05, 0.1) is 18.9 Å². The van der Waals surface area contributed by atoms with Gasteiger partial charge in [0.2, 0.25) is 0 Å². The maximum absolute atomic E-state index is 10.4. The molecule has 0 heterocycles. The van der Waals surface area contributed by atoms with Gasteiger partial charge in [0.25, 0.3) is 0 Å². The molecule has 37 heavy (non-hydrogen) atoms. The second-order valence-corrected chi connectivity index (χ2v) is 11.1. The molecule has 2 unspecified atom stereocenters. The molecule has 0 aromatic rings. The van der Waals surface area contributed by atoms with Gasteiger partial charge in [-0.1, -0.05) is 129 Å². The Hall–Kier alpha value is -0.400. The van der Waals surface area contributed by atoms with Gasteiger partial charge in [0, 0.05) is 12.0 Å². The summed E-state index contributed by atoms with van der Waals surface area (Å²) >= 11 is 0. The van der Waals surface area contributed by atoms with Crippen LogP contribution in [0.5, 0.6) is 0 Å². The van der Waals surface area contributed by atoms with Crippen LogP contribution in [0.4, 0.5) is 0 Å². The largest absolute Gasteiger partial charge is 0.481 e. The average Bonchev–Trinajstić information content (AvgIpc) is 2.84. The number of rotatable bonds is 25. The molecule has 0 fully saturated rings. The maximum Gasteiger partial charge on any atom is 0.303 e. The maximum atomic E-state index is 10.4. The normalized spacial score (nSPS) is 12.8. The van der Waals surface area contributed by atoms with Crippen LogP contribution in [0.25, 0.3) is 0 Å². The Morgan fingerprint density at radius 2 is 1.05 bits per heavy atom. The number of carbonyl (C=O) groups is 1. The number of carboxylic acids is 1. The summed E-state index contributed by atoms with van der Waals surface area (Å²) in [5.74, 6) is -0.651. The summed E-state index contributed by atoms with van der Waals surface area (Å²) in [5, 5.41) is 29.7. The fourth-order valence-corrected chi connectivity index (χ4v) is 4.26. The first-order valence-corrected chi connectivity index (χ1v) is 15.2. The third-order valence-corrected chi connectivity index (χ3v) is 7.00.